The van der Waals surface area contributed by atoms with E-state index >= 15 is 0 Å². The third kappa shape index (κ3) is 4.02. The number of rotatable bonds is 2. The molecule has 0 rings (SSSR count). The molecule has 0 N–H and O–H groups in total. The molecule has 1 radical (unpaired) electrons. The average Bonchev–Trinajstić information content (AvgIpc) is 1.41. The molecule has 0 saturated carbocycles. The largest absolute Gasteiger partial charge is 0.290 e. The van der Waals surface area contributed by atoms with Crippen molar-refractivity contribution in [3.63, 3.8) is 0 Å². The minimum absolute atomic E-state index is 0.500. The Hall–Kier alpha value is 0.0200. The van der Waals surface area contributed by atoms with Crippen LogP contribution in [0.3, 0.4) is 0 Å². The van der Waals surface area contributed by atoms with Crippen molar-refractivity contribution in [3.8, 4) is 0 Å². The summed E-state index contributed by atoms with van der Waals surface area (Å²) < 4.78 is 0. The molecule has 0 bridgehead atoms. The lowest BCUT2D eigenvalue weighted by Gasteiger charge is -1.68. The Kier molecular flexibility index (Phi) is 4.04. The van der Waals surface area contributed by atoms with Gasteiger partial charge in [0.15, 0.2) is 0 Å². The molecule has 5 heavy (non-hydrogen) atoms. The van der Waals surface area contributed by atoms with E-state index < -0.39 is 0 Å². The van der Waals surface area contributed by atoms with Crippen LogP contribution >= 0.6 is 11.8 Å². The third-order valence-corrected chi connectivity index (χ3v) is 0.610. The predicted molar refractivity (Wildman–Crippen MR) is 24.1 cm³/mol. The summed E-state index contributed by atoms with van der Waals surface area (Å²) in [6, 6.07) is 0. The van der Waals surface area contributed by atoms with Crippen LogP contribution < -0.4 is 0 Å². The summed E-state index contributed by atoms with van der Waals surface area (Å²) >= 11 is 1.48. The Labute approximate surface area is 35.8 Å². The summed E-state index contributed by atoms with van der Waals surface area (Å²) in [6.45, 7) is 0. The van der Waals surface area contributed by atoms with Gasteiger partial charge in [-0.15, -0.1) is 0 Å². The van der Waals surface area contributed by atoms with Crippen molar-refractivity contribution in [1.29, 1.82) is 0 Å². The van der Waals surface area contributed by atoms with Gasteiger partial charge in [-0.2, -0.15) is 11.8 Å². The van der Waals surface area contributed by atoms with Crippen molar-refractivity contribution in [1.82, 2.24) is 0 Å². The molecule has 0 spiro atoms. The van der Waals surface area contributed by atoms with Gasteiger partial charge in [0.2, 0.25) is 6.29 Å². The fraction of sp³-hybridized carbons (Fsp3) is 0.667. The van der Waals surface area contributed by atoms with E-state index in [1.54, 1.807) is 6.29 Å². The Balaban J connectivity index is 2.40. The van der Waals surface area contributed by atoms with Gasteiger partial charge in [-0.05, 0) is 6.26 Å². The zero-order chi connectivity index (χ0) is 4.12. The number of hydrogen-bond acceptors (Lipinski definition) is 2. The minimum atomic E-state index is 0.500. The number of carbonyl (C=O) groups excluding carboxylic acids is 1. The van der Waals surface area contributed by atoms with E-state index in [1.165, 1.54) is 11.8 Å². The van der Waals surface area contributed by atoms with E-state index in [-0.39, 0.29) is 0 Å². The maximum absolute atomic E-state index is 9.26. The van der Waals surface area contributed by atoms with Crippen LogP contribution in [0.1, 0.15) is 0 Å². The van der Waals surface area contributed by atoms with Crippen LogP contribution in [0.2, 0.25) is 0 Å². The molecule has 1 nitrogen and oxygen atoms in total. The van der Waals surface area contributed by atoms with Crippen molar-refractivity contribution < 1.29 is 4.79 Å². The highest BCUT2D eigenvalue weighted by Gasteiger charge is 1.68. The summed E-state index contributed by atoms with van der Waals surface area (Å²) in [4.78, 5) is 9.26. The number of thioether (sulfide) groups is 1. The molecule has 0 atom stereocenters. The van der Waals surface area contributed by atoms with Gasteiger partial charge in [0.05, 0.1) is 5.75 Å². The van der Waals surface area contributed by atoms with E-state index in [1.807, 2.05) is 6.26 Å². The first kappa shape index (κ1) is 5.02. The average molecular weight is 89.1 g/mol. The first-order chi connectivity index (χ1) is 2.41. The van der Waals surface area contributed by atoms with Crippen LogP contribution in [0.4, 0.5) is 0 Å². The topological polar surface area (TPSA) is 17.1 Å². The van der Waals surface area contributed by atoms with E-state index in [4.69, 9.17) is 0 Å². The maximum Gasteiger partial charge on any atom is 0.209 e. The second kappa shape index (κ2) is 4.02. The molecular weight excluding hydrogens is 84.1 g/mol. The van der Waals surface area contributed by atoms with E-state index in [0.29, 0.717) is 5.75 Å². The molecule has 0 aromatic rings. The molecule has 29 valence electrons. The Bertz CT molecular complexity index is 28.1. The molecule has 0 aliphatic rings. The standard InChI is InChI=1S/C3H5OS/c1-5-3-2-4/h3H2,1H3. The summed E-state index contributed by atoms with van der Waals surface area (Å²) in [7, 11) is 0. The highest BCUT2D eigenvalue weighted by atomic mass is 32.2. The van der Waals surface area contributed by atoms with Crippen molar-refractivity contribution in [2.45, 2.75) is 0 Å². The predicted octanol–water partition coefficient (Wildman–Crippen LogP) is 0.459. The van der Waals surface area contributed by atoms with Gasteiger partial charge in [0.25, 0.3) is 0 Å². The van der Waals surface area contributed by atoms with Gasteiger partial charge in [-0.3, -0.25) is 4.79 Å². The van der Waals surface area contributed by atoms with Crippen LogP contribution in [-0.4, -0.2) is 18.3 Å². The zero-order valence-electron chi connectivity index (χ0n) is 3.02. The molecule has 0 unspecified atom stereocenters. The van der Waals surface area contributed by atoms with Crippen molar-refractivity contribution in [2.24, 2.45) is 0 Å². The molecule has 0 aromatic carbocycles. The van der Waals surface area contributed by atoms with E-state index in [9.17, 15) is 4.79 Å². The smallest absolute Gasteiger partial charge is 0.209 e. The van der Waals surface area contributed by atoms with E-state index in [2.05, 4.69) is 0 Å². The van der Waals surface area contributed by atoms with Gasteiger partial charge >= 0.3 is 0 Å². The molecular formula is C3H5OS. The highest BCUT2D eigenvalue weighted by molar-refractivity contribution is 7.99. The SMILES string of the molecule is CSC[C]=O. The van der Waals surface area contributed by atoms with Gasteiger partial charge in [-0.1, -0.05) is 0 Å². The van der Waals surface area contributed by atoms with Crippen LogP contribution in [0.5, 0.6) is 0 Å². The normalized spacial score (nSPS) is 7.40. The van der Waals surface area contributed by atoms with Gasteiger partial charge in [0.1, 0.15) is 0 Å². The van der Waals surface area contributed by atoms with Crippen LogP contribution in [0.15, 0.2) is 0 Å². The zero-order valence-corrected chi connectivity index (χ0v) is 3.84. The Morgan fingerprint density at radius 2 is 2.60 bits per heavy atom. The lowest BCUT2D eigenvalue weighted by atomic mass is 10.9. The molecule has 2 heteroatoms. The fourth-order valence-electron chi connectivity index (χ4n) is 0.0589. The van der Waals surface area contributed by atoms with Gasteiger partial charge in [0, 0.05) is 0 Å². The first-order valence-corrected chi connectivity index (χ1v) is 2.65. The summed E-state index contributed by atoms with van der Waals surface area (Å²) in [5.74, 6) is 0.500. The van der Waals surface area contributed by atoms with Crippen LogP contribution in [-0.2, 0) is 4.79 Å². The monoisotopic (exact) mass is 89.0 g/mol. The quantitative estimate of drug-likeness (QED) is 0.489. The van der Waals surface area contributed by atoms with Crippen molar-refractivity contribution in [2.75, 3.05) is 12.0 Å². The second-order valence-corrected chi connectivity index (χ2v) is 1.44. The first-order valence-electron chi connectivity index (χ1n) is 1.25. The Morgan fingerprint density at radius 3 is 2.60 bits per heavy atom. The van der Waals surface area contributed by atoms with Crippen LogP contribution in [0.25, 0.3) is 0 Å². The minimum Gasteiger partial charge on any atom is -0.290 e. The van der Waals surface area contributed by atoms with Crippen molar-refractivity contribution in [3.05, 3.63) is 0 Å². The summed E-state index contributed by atoms with van der Waals surface area (Å²) in [6.07, 6.45) is 3.60. The van der Waals surface area contributed by atoms with Crippen molar-refractivity contribution >= 4 is 18.0 Å². The van der Waals surface area contributed by atoms with E-state index in [0.717, 1.165) is 0 Å². The lowest BCUT2D eigenvalue weighted by Crippen LogP contribution is -1.70. The lowest BCUT2D eigenvalue weighted by molar-refractivity contribution is 0.560. The molecule has 0 heterocycles. The highest BCUT2D eigenvalue weighted by Crippen LogP contribution is 1.82. The maximum atomic E-state index is 9.26. The summed E-state index contributed by atoms with van der Waals surface area (Å²) in [5, 5.41) is 0. The second-order valence-electron chi connectivity index (χ2n) is 0.577. The third-order valence-electron chi connectivity index (χ3n) is 0.203. The van der Waals surface area contributed by atoms with Gasteiger partial charge in [-0.25, -0.2) is 0 Å². The molecule has 0 aromatic heterocycles. The van der Waals surface area contributed by atoms with Gasteiger partial charge < -0.3 is 0 Å². The molecule has 0 aliphatic heterocycles. The molecule has 0 saturated heterocycles. The Morgan fingerprint density at radius 1 is 2.00 bits per heavy atom. The van der Waals surface area contributed by atoms with Crippen LogP contribution in [0, 0.1) is 0 Å². The number of hydrogen-bond donors (Lipinski definition) is 0. The molecule has 0 fully saturated rings. The fourth-order valence-corrected chi connectivity index (χ4v) is 0.177. The molecule has 0 amide bonds. The summed E-state index contributed by atoms with van der Waals surface area (Å²) in [5.41, 5.74) is 0. The molecule has 0 aliphatic carbocycles.